The molecule has 0 radical (unpaired) electrons. The van der Waals surface area contributed by atoms with Gasteiger partial charge in [-0.15, -0.1) is 0 Å². The molecule has 7 amide bonds. The Balaban J connectivity index is 2.43. The molecule has 440 valence electrons. The van der Waals surface area contributed by atoms with Crippen molar-refractivity contribution in [2.75, 3.05) is 45.8 Å². The number of carboxylic acid groups (broad SMARTS) is 1. The van der Waals surface area contributed by atoms with Crippen LogP contribution in [-0.2, 0) is 38.4 Å². The molecule has 0 saturated carbocycles. The molecule has 2 aliphatic heterocycles. The van der Waals surface area contributed by atoms with Crippen LogP contribution in [0.25, 0.3) is 0 Å². The molecule has 0 aromatic rings. The average Bonchev–Trinajstić information content (AvgIpc) is 4.08. The van der Waals surface area contributed by atoms with E-state index in [0.717, 1.165) is 0 Å². The van der Waals surface area contributed by atoms with Crippen molar-refractivity contribution in [1.82, 2.24) is 36.4 Å². The molecule has 2 saturated heterocycles. The topological polar surface area (TPSA) is 571 Å². The Morgan fingerprint density at radius 2 is 0.833 bits per heavy atom. The number of carbonyl (C=O) groups is 8. The fourth-order valence-electron chi connectivity index (χ4n) is 8.74. The standard InChI is InChI=1S/C46H87N23O9/c1-3-25(2)33(67-35(71)27(12-5-19-59-43(50)51)63-34(70)26(47)11-4-18-58-42(48)49)38(74)65-29(14-7-21-61-45(54)55)40(76)68-23-9-16-31(68)36(72)64-28(13-6-20-60-44(52)53)39(75)69-24-10-17-32(69)37(73)66-30(41(77)78)15-8-22-62-46(56)57/h25-33H,3-24,47H2,1-2H3,(H,63,70)(H,64,72)(H,65,74)(H,66,73)(H,67,71)(H,77,78)(H4,48,49,58)(H4,50,51,59)(H4,52,53,60)(H4,54,55,61)(H4,56,57,62)/t25-,26-,27-,28-,29-,30-,31-,32-,33-/m0/s1. The van der Waals surface area contributed by atoms with Gasteiger partial charge in [-0.05, 0) is 95.8 Å². The number of aliphatic imine (C=N–C) groups is 5. The molecule has 32 nitrogen and oxygen atoms in total. The number of nitrogens with one attached hydrogen (secondary N) is 5. The van der Waals surface area contributed by atoms with Crippen LogP contribution < -0.4 is 89.7 Å². The summed E-state index contributed by atoms with van der Waals surface area (Å²) in [6.07, 6.45) is 3.03. The molecule has 0 aromatic carbocycles. The van der Waals surface area contributed by atoms with Crippen LogP contribution in [0, 0.1) is 5.92 Å². The summed E-state index contributed by atoms with van der Waals surface area (Å²) in [4.78, 5) is 133. The fourth-order valence-corrected chi connectivity index (χ4v) is 8.74. The first-order valence-corrected chi connectivity index (χ1v) is 26.3. The lowest BCUT2D eigenvalue weighted by atomic mass is 9.96. The van der Waals surface area contributed by atoms with Crippen LogP contribution in [0.15, 0.2) is 25.0 Å². The molecule has 9 atom stereocenters. The second-order valence-electron chi connectivity index (χ2n) is 19.2. The molecule has 2 rings (SSSR count). The second kappa shape index (κ2) is 34.7. The van der Waals surface area contributed by atoms with E-state index < -0.39 is 102 Å². The number of carbonyl (C=O) groups excluding carboxylic acids is 7. The van der Waals surface area contributed by atoms with Gasteiger partial charge in [0.15, 0.2) is 29.8 Å². The van der Waals surface area contributed by atoms with Crippen molar-refractivity contribution >= 4 is 77.1 Å². The molecular weight excluding hydrogens is 1020 g/mol. The van der Waals surface area contributed by atoms with Crippen LogP contribution >= 0.6 is 0 Å². The van der Waals surface area contributed by atoms with E-state index in [1.807, 2.05) is 0 Å². The van der Waals surface area contributed by atoms with Crippen molar-refractivity contribution in [2.45, 2.75) is 158 Å². The normalized spacial score (nSPS) is 17.5. The highest BCUT2D eigenvalue weighted by atomic mass is 16.4. The number of guanidine groups is 5. The summed E-state index contributed by atoms with van der Waals surface area (Å²) in [6.45, 7) is 4.37. The van der Waals surface area contributed by atoms with Crippen molar-refractivity contribution in [1.29, 1.82) is 0 Å². The van der Waals surface area contributed by atoms with E-state index in [0.29, 0.717) is 25.7 Å². The zero-order valence-corrected chi connectivity index (χ0v) is 44.9. The van der Waals surface area contributed by atoms with Crippen LogP contribution in [-0.4, -0.2) is 186 Å². The van der Waals surface area contributed by atoms with Gasteiger partial charge in [0.05, 0.1) is 6.04 Å². The summed E-state index contributed by atoms with van der Waals surface area (Å²) in [5.74, 6) is -7.43. The van der Waals surface area contributed by atoms with E-state index in [9.17, 15) is 43.5 Å². The number of nitrogens with zero attached hydrogens (tertiary/aromatic N) is 7. The maximum Gasteiger partial charge on any atom is 0.326 e. The van der Waals surface area contributed by atoms with Gasteiger partial charge in [-0.25, -0.2) is 4.79 Å². The van der Waals surface area contributed by atoms with Gasteiger partial charge in [-0.2, -0.15) is 0 Å². The molecule has 0 aliphatic carbocycles. The van der Waals surface area contributed by atoms with Crippen LogP contribution in [0.1, 0.15) is 110 Å². The monoisotopic (exact) mass is 1110 g/mol. The summed E-state index contributed by atoms with van der Waals surface area (Å²) >= 11 is 0. The first kappa shape index (κ1) is 66.2. The zero-order chi connectivity index (χ0) is 58.5. The molecule has 32 heteroatoms. The summed E-state index contributed by atoms with van der Waals surface area (Å²) in [5.41, 5.74) is 60.9. The van der Waals surface area contributed by atoms with Crippen molar-refractivity contribution in [3.05, 3.63) is 0 Å². The quantitative estimate of drug-likeness (QED) is 0.0159. The number of nitrogens with two attached hydrogens (primary N) is 11. The Labute approximate surface area is 454 Å². The van der Waals surface area contributed by atoms with E-state index in [1.54, 1.807) is 13.8 Å². The largest absolute Gasteiger partial charge is 0.480 e. The Kier molecular flexibility index (Phi) is 29.4. The highest BCUT2D eigenvalue weighted by molar-refractivity contribution is 5.98. The Bertz CT molecular complexity index is 2160. The van der Waals surface area contributed by atoms with E-state index in [4.69, 9.17) is 63.1 Å². The second-order valence-corrected chi connectivity index (χ2v) is 19.2. The number of hydrogen-bond donors (Lipinski definition) is 17. The van der Waals surface area contributed by atoms with Crippen molar-refractivity contribution in [3.8, 4) is 0 Å². The van der Waals surface area contributed by atoms with Crippen molar-refractivity contribution < 1.29 is 43.5 Å². The minimum absolute atomic E-state index is 0.00103. The van der Waals surface area contributed by atoms with E-state index in [-0.39, 0.29) is 146 Å². The van der Waals surface area contributed by atoms with E-state index >= 15 is 0 Å². The third-order valence-electron chi connectivity index (χ3n) is 13.0. The molecular formula is C46H87N23O9. The van der Waals surface area contributed by atoms with Crippen LogP contribution in [0.2, 0.25) is 0 Å². The van der Waals surface area contributed by atoms with Crippen LogP contribution in [0.3, 0.4) is 0 Å². The number of aliphatic carboxylic acids is 1. The lowest BCUT2D eigenvalue weighted by molar-refractivity contribution is -0.146. The van der Waals surface area contributed by atoms with Gasteiger partial charge in [0, 0.05) is 45.8 Å². The number of hydrogen-bond acceptors (Lipinski definition) is 14. The highest BCUT2D eigenvalue weighted by Crippen LogP contribution is 2.24. The summed E-state index contributed by atoms with van der Waals surface area (Å²) in [7, 11) is 0. The van der Waals surface area contributed by atoms with Crippen molar-refractivity contribution in [3.63, 3.8) is 0 Å². The van der Waals surface area contributed by atoms with Gasteiger partial charge < -0.3 is 105 Å². The predicted octanol–water partition coefficient (Wildman–Crippen LogP) is -6.88. The number of rotatable bonds is 35. The lowest BCUT2D eigenvalue weighted by Gasteiger charge is -2.33. The molecule has 0 unspecified atom stereocenters. The number of carboxylic acids is 1. The first-order chi connectivity index (χ1) is 36.9. The minimum Gasteiger partial charge on any atom is -0.480 e. The molecule has 2 aliphatic rings. The van der Waals surface area contributed by atoms with E-state index in [2.05, 4.69) is 51.5 Å². The minimum atomic E-state index is -1.30. The molecule has 0 spiro atoms. The van der Waals surface area contributed by atoms with Gasteiger partial charge in [-0.3, -0.25) is 58.5 Å². The maximum absolute atomic E-state index is 14.7. The van der Waals surface area contributed by atoms with Crippen molar-refractivity contribution in [2.24, 2.45) is 94.0 Å². The average molecular weight is 1110 g/mol. The molecule has 78 heavy (non-hydrogen) atoms. The third-order valence-corrected chi connectivity index (χ3v) is 13.0. The highest BCUT2D eigenvalue weighted by Gasteiger charge is 2.43. The number of likely N-dealkylation sites (tertiary alicyclic amines) is 2. The summed E-state index contributed by atoms with van der Waals surface area (Å²) in [5, 5.41) is 23.4. The lowest BCUT2D eigenvalue weighted by Crippen LogP contribution is -2.60. The predicted molar refractivity (Wildman–Crippen MR) is 294 cm³/mol. The SMILES string of the molecule is CC[C@H](C)[C@H](NC(=O)[C@H](CCCN=C(N)N)NC(=O)[C@@H](N)CCCN=C(N)N)C(=O)N[C@@H](CCCN=C(N)N)C(=O)N1CCC[C@H]1C(=O)N[C@@H](CCCN=C(N)N)C(=O)N1CCC[C@H]1C(=O)N[C@@H](CCCN=C(N)N)C(=O)O. The summed E-state index contributed by atoms with van der Waals surface area (Å²) < 4.78 is 0. The van der Waals surface area contributed by atoms with Crippen LogP contribution in [0.5, 0.6) is 0 Å². The molecule has 0 aromatic heterocycles. The van der Waals surface area contributed by atoms with E-state index in [1.165, 1.54) is 9.80 Å². The number of amides is 7. The Morgan fingerprint density at radius 3 is 1.22 bits per heavy atom. The van der Waals surface area contributed by atoms with Gasteiger partial charge in [0.1, 0.15) is 42.3 Å². The zero-order valence-electron chi connectivity index (χ0n) is 44.9. The Morgan fingerprint density at radius 1 is 0.487 bits per heavy atom. The van der Waals surface area contributed by atoms with Gasteiger partial charge in [-0.1, -0.05) is 20.3 Å². The summed E-state index contributed by atoms with van der Waals surface area (Å²) in [6, 6.07) is -9.50. The molecule has 28 N–H and O–H groups in total. The van der Waals surface area contributed by atoms with Crippen LogP contribution in [0.4, 0.5) is 0 Å². The molecule has 2 heterocycles. The smallest absolute Gasteiger partial charge is 0.326 e. The first-order valence-electron chi connectivity index (χ1n) is 26.3. The molecule has 0 bridgehead atoms. The third kappa shape index (κ3) is 24.0. The molecule has 2 fully saturated rings. The Hall–Kier alpha value is -7.93. The fraction of sp³-hybridized carbons (Fsp3) is 0.717. The van der Waals surface area contributed by atoms with Gasteiger partial charge in [0.2, 0.25) is 41.4 Å². The van der Waals surface area contributed by atoms with Gasteiger partial charge in [0.25, 0.3) is 0 Å². The maximum atomic E-state index is 14.7. The van der Waals surface area contributed by atoms with Gasteiger partial charge >= 0.3 is 5.97 Å².